The van der Waals surface area contributed by atoms with E-state index in [0.29, 0.717) is 32.8 Å². The van der Waals surface area contributed by atoms with Crippen LogP contribution in [0.4, 0.5) is 4.79 Å². The molecule has 27 heavy (non-hydrogen) atoms. The van der Waals surface area contributed by atoms with Gasteiger partial charge in [-0.2, -0.15) is 0 Å². The minimum atomic E-state index is -0.526. The number of carbonyl (C=O) groups excluding carboxylic acids is 1. The zero-order chi connectivity index (χ0) is 20.3. The molecule has 0 aliphatic heterocycles. The third kappa shape index (κ3) is 9.84. The molecule has 1 N–H and O–H groups in total. The summed E-state index contributed by atoms with van der Waals surface area (Å²) in [5, 5.41) is 3.30. The first kappa shape index (κ1) is 22.8. The van der Waals surface area contributed by atoms with Crippen molar-refractivity contribution in [3.05, 3.63) is 35.9 Å². The Morgan fingerprint density at radius 2 is 1.81 bits per heavy atom. The van der Waals surface area contributed by atoms with Gasteiger partial charge in [0.2, 0.25) is 0 Å². The fourth-order valence-corrected chi connectivity index (χ4v) is 2.23. The molecule has 7 heteroatoms. The van der Waals surface area contributed by atoms with E-state index in [1.165, 1.54) is 0 Å². The van der Waals surface area contributed by atoms with Crippen LogP contribution in [0, 0.1) is 0 Å². The summed E-state index contributed by atoms with van der Waals surface area (Å²) in [6.07, 6.45) is -0.339. The van der Waals surface area contributed by atoms with Gasteiger partial charge < -0.3 is 24.6 Å². The number of hydrogen-bond donors (Lipinski definition) is 1. The van der Waals surface area contributed by atoms with Crippen molar-refractivity contribution in [1.82, 2.24) is 15.1 Å². The SMILES string of the molecule is COCCN(CCNC(=NCc1ccccc1)N(C)C)C(=O)OC(C)(C)C. The molecule has 0 aromatic heterocycles. The quantitative estimate of drug-likeness (QED) is 0.556. The molecular formula is C20H34N4O3. The highest BCUT2D eigenvalue weighted by Crippen LogP contribution is 2.09. The van der Waals surface area contributed by atoms with Gasteiger partial charge in [-0.1, -0.05) is 30.3 Å². The van der Waals surface area contributed by atoms with Gasteiger partial charge >= 0.3 is 6.09 Å². The largest absolute Gasteiger partial charge is 0.444 e. The minimum absolute atomic E-state index is 0.339. The summed E-state index contributed by atoms with van der Waals surface area (Å²) in [6.45, 7) is 8.17. The third-order valence-electron chi connectivity index (χ3n) is 3.56. The number of methoxy groups -OCH3 is 1. The Morgan fingerprint density at radius 1 is 1.15 bits per heavy atom. The van der Waals surface area contributed by atoms with E-state index in [2.05, 4.69) is 10.3 Å². The molecule has 1 amide bonds. The number of guanidine groups is 1. The summed E-state index contributed by atoms with van der Waals surface area (Å²) in [6, 6.07) is 10.1. The molecule has 0 aliphatic carbocycles. The van der Waals surface area contributed by atoms with E-state index in [1.54, 1.807) is 12.0 Å². The molecule has 1 aromatic carbocycles. The number of ether oxygens (including phenoxy) is 2. The van der Waals surface area contributed by atoms with Crippen molar-refractivity contribution >= 4 is 12.1 Å². The van der Waals surface area contributed by atoms with E-state index in [0.717, 1.165) is 11.5 Å². The number of carbonyl (C=O) groups is 1. The van der Waals surface area contributed by atoms with Crippen LogP contribution in [0.25, 0.3) is 0 Å². The van der Waals surface area contributed by atoms with Crippen LogP contribution in [-0.4, -0.2) is 74.9 Å². The minimum Gasteiger partial charge on any atom is -0.444 e. The van der Waals surface area contributed by atoms with Crippen molar-refractivity contribution in [3.63, 3.8) is 0 Å². The summed E-state index contributed by atoms with van der Waals surface area (Å²) in [5.41, 5.74) is 0.621. The van der Waals surface area contributed by atoms with Gasteiger partial charge in [0.05, 0.1) is 13.2 Å². The molecule has 0 unspecified atom stereocenters. The maximum Gasteiger partial charge on any atom is 0.410 e. The van der Waals surface area contributed by atoms with Crippen molar-refractivity contribution in [2.45, 2.75) is 32.9 Å². The molecule has 0 saturated heterocycles. The number of aliphatic imine (C=N–C) groups is 1. The van der Waals surface area contributed by atoms with Gasteiger partial charge in [-0.05, 0) is 26.3 Å². The fourth-order valence-electron chi connectivity index (χ4n) is 2.23. The first-order valence-electron chi connectivity index (χ1n) is 9.19. The van der Waals surface area contributed by atoms with Crippen molar-refractivity contribution in [3.8, 4) is 0 Å². The predicted octanol–water partition coefficient (Wildman–Crippen LogP) is 2.58. The lowest BCUT2D eigenvalue weighted by molar-refractivity contribution is 0.0206. The van der Waals surface area contributed by atoms with Crippen LogP contribution in [-0.2, 0) is 16.0 Å². The average Bonchev–Trinajstić information content (AvgIpc) is 2.59. The zero-order valence-electron chi connectivity index (χ0n) is 17.5. The highest BCUT2D eigenvalue weighted by Gasteiger charge is 2.21. The molecule has 0 bridgehead atoms. The molecule has 0 saturated carbocycles. The van der Waals surface area contributed by atoms with Crippen LogP contribution in [0.1, 0.15) is 26.3 Å². The Balaban J connectivity index is 2.62. The van der Waals surface area contributed by atoms with Gasteiger partial charge in [-0.3, -0.25) is 0 Å². The second-order valence-electron chi connectivity index (χ2n) is 7.41. The lowest BCUT2D eigenvalue weighted by atomic mass is 10.2. The van der Waals surface area contributed by atoms with Crippen molar-refractivity contribution in [2.75, 3.05) is 47.4 Å². The number of amides is 1. The molecule has 0 fully saturated rings. The molecule has 152 valence electrons. The summed E-state index contributed by atoms with van der Waals surface area (Å²) >= 11 is 0. The lowest BCUT2D eigenvalue weighted by Crippen LogP contribution is -2.45. The van der Waals surface area contributed by atoms with Crippen LogP contribution in [0.3, 0.4) is 0 Å². The molecule has 0 radical (unpaired) electrons. The highest BCUT2D eigenvalue weighted by atomic mass is 16.6. The van der Waals surface area contributed by atoms with Crippen molar-refractivity contribution in [1.29, 1.82) is 0 Å². The average molecular weight is 379 g/mol. The van der Waals surface area contributed by atoms with E-state index in [4.69, 9.17) is 9.47 Å². The summed E-state index contributed by atoms with van der Waals surface area (Å²) in [4.78, 5) is 20.6. The third-order valence-corrected chi connectivity index (χ3v) is 3.56. The Kier molecular flexibility index (Phi) is 9.64. The normalized spacial score (nSPS) is 11.9. The lowest BCUT2D eigenvalue weighted by Gasteiger charge is -2.28. The van der Waals surface area contributed by atoms with Gasteiger partial charge in [-0.25, -0.2) is 9.79 Å². The number of nitrogens with one attached hydrogen (secondary N) is 1. The molecule has 7 nitrogen and oxygen atoms in total. The van der Waals surface area contributed by atoms with Crippen LogP contribution >= 0.6 is 0 Å². The molecule has 0 heterocycles. The monoisotopic (exact) mass is 378 g/mol. The Hall–Kier alpha value is -2.28. The van der Waals surface area contributed by atoms with E-state index < -0.39 is 5.60 Å². The van der Waals surface area contributed by atoms with Crippen LogP contribution < -0.4 is 5.32 Å². The van der Waals surface area contributed by atoms with Crippen molar-refractivity contribution in [2.24, 2.45) is 4.99 Å². The fraction of sp³-hybridized carbons (Fsp3) is 0.600. The van der Waals surface area contributed by atoms with Crippen LogP contribution in [0.15, 0.2) is 35.3 Å². The van der Waals surface area contributed by atoms with E-state index in [1.807, 2.05) is 70.1 Å². The molecule has 1 aromatic rings. The molecule has 0 aliphatic rings. The number of hydrogen-bond acceptors (Lipinski definition) is 4. The highest BCUT2D eigenvalue weighted by molar-refractivity contribution is 5.79. The van der Waals surface area contributed by atoms with Gasteiger partial charge in [-0.15, -0.1) is 0 Å². The van der Waals surface area contributed by atoms with E-state index in [-0.39, 0.29) is 6.09 Å². The summed E-state index contributed by atoms with van der Waals surface area (Å²) in [7, 11) is 5.49. The second-order valence-corrected chi connectivity index (χ2v) is 7.41. The summed E-state index contributed by atoms with van der Waals surface area (Å²) in [5.74, 6) is 0.773. The van der Waals surface area contributed by atoms with E-state index in [9.17, 15) is 4.79 Å². The van der Waals surface area contributed by atoms with Gasteiger partial charge in [0.15, 0.2) is 5.96 Å². The smallest absolute Gasteiger partial charge is 0.410 e. The first-order chi connectivity index (χ1) is 12.7. The van der Waals surface area contributed by atoms with Crippen LogP contribution in [0.2, 0.25) is 0 Å². The standard InChI is InChI=1S/C20H34N4O3/c1-20(2,3)27-19(25)24(14-15-26-6)13-12-21-18(23(4)5)22-16-17-10-8-7-9-11-17/h7-11H,12-16H2,1-6H3,(H,21,22). The predicted molar refractivity (Wildman–Crippen MR) is 109 cm³/mol. The first-order valence-corrected chi connectivity index (χ1v) is 9.19. The molecular weight excluding hydrogens is 344 g/mol. The van der Waals surface area contributed by atoms with Gasteiger partial charge in [0.1, 0.15) is 5.60 Å². The molecule has 0 atom stereocenters. The molecule has 1 rings (SSSR count). The Morgan fingerprint density at radius 3 is 2.37 bits per heavy atom. The van der Waals surface area contributed by atoms with E-state index >= 15 is 0 Å². The maximum atomic E-state index is 12.4. The number of nitrogens with zero attached hydrogens (tertiary/aromatic N) is 3. The Labute approximate surface area is 163 Å². The zero-order valence-corrected chi connectivity index (χ0v) is 17.5. The van der Waals surface area contributed by atoms with Crippen molar-refractivity contribution < 1.29 is 14.3 Å². The summed E-state index contributed by atoms with van der Waals surface area (Å²) < 4.78 is 10.6. The topological polar surface area (TPSA) is 66.4 Å². The maximum absolute atomic E-state index is 12.4. The van der Waals surface area contributed by atoms with Gasteiger partial charge in [0, 0.05) is 40.8 Å². The Bertz CT molecular complexity index is 583. The van der Waals surface area contributed by atoms with Gasteiger partial charge in [0.25, 0.3) is 0 Å². The van der Waals surface area contributed by atoms with Crippen LogP contribution in [0.5, 0.6) is 0 Å². The molecule has 0 spiro atoms. The number of benzene rings is 1. The number of rotatable bonds is 8. The second kappa shape index (κ2) is 11.4.